The highest BCUT2D eigenvalue weighted by Crippen LogP contribution is 2.35. The summed E-state index contributed by atoms with van der Waals surface area (Å²) in [6.45, 7) is 4.56. The van der Waals surface area contributed by atoms with Gasteiger partial charge < -0.3 is 14.6 Å². The van der Waals surface area contributed by atoms with Gasteiger partial charge in [-0.3, -0.25) is 9.69 Å². The smallest absolute Gasteiger partial charge is 0.306 e. The van der Waals surface area contributed by atoms with Crippen LogP contribution in [0.1, 0.15) is 54.0 Å². The van der Waals surface area contributed by atoms with Crippen LogP contribution in [0.5, 0.6) is 0 Å². The molecular formula is C28H39N3O6S. The number of anilines is 1. The van der Waals surface area contributed by atoms with Crippen molar-refractivity contribution in [3.63, 3.8) is 0 Å². The molecule has 1 aliphatic carbocycles. The maximum Gasteiger partial charge on any atom is 0.306 e. The largest absolute Gasteiger partial charge is 0.464 e. The molecule has 4 rings (SSSR count). The molecule has 1 saturated heterocycles. The normalized spacial score (nSPS) is 18.4. The highest BCUT2D eigenvalue weighted by atomic mass is 32.2. The first-order chi connectivity index (χ1) is 18.3. The topological polar surface area (TPSA) is 108 Å². The number of aliphatic hydroxyl groups is 1. The third-order valence-electron chi connectivity index (χ3n) is 7.06. The highest BCUT2D eigenvalue weighted by Gasteiger charge is 2.25. The number of hydrogen-bond acceptors (Lipinski definition) is 8. The molecule has 1 fully saturated rings. The lowest BCUT2D eigenvalue weighted by atomic mass is 9.99. The number of nitrogens with zero attached hydrogens (tertiary/aromatic N) is 2. The van der Waals surface area contributed by atoms with Gasteiger partial charge in [0.2, 0.25) is 10.0 Å². The average Bonchev–Trinajstić information content (AvgIpc) is 3.09. The Kier molecular flexibility index (Phi) is 10.1. The lowest BCUT2D eigenvalue weighted by Crippen LogP contribution is -2.42. The number of morpholine rings is 1. The van der Waals surface area contributed by atoms with Gasteiger partial charge >= 0.3 is 5.97 Å². The molecule has 9 nitrogen and oxygen atoms in total. The summed E-state index contributed by atoms with van der Waals surface area (Å²) < 4.78 is 37.5. The van der Waals surface area contributed by atoms with E-state index in [2.05, 4.69) is 10.3 Å². The maximum absolute atomic E-state index is 12.8. The average molecular weight is 546 g/mol. The number of rotatable bonds is 11. The van der Waals surface area contributed by atoms with Gasteiger partial charge in [0, 0.05) is 32.6 Å². The fourth-order valence-electron chi connectivity index (χ4n) is 5.03. The van der Waals surface area contributed by atoms with E-state index in [-0.39, 0.29) is 18.9 Å². The van der Waals surface area contributed by atoms with E-state index < -0.39 is 16.1 Å². The van der Waals surface area contributed by atoms with Crippen LogP contribution in [-0.2, 0) is 43.7 Å². The van der Waals surface area contributed by atoms with E-state index >= 15 is 0 Å². The lowest BCUT2D eigenvalue weighted by Gasteiger charge is -2.27. The fraction of sp³-hybridized carbons (Fsp3) is 0.536. The SMILES string of the molecule is CS(=O)(=O)N(NCc1cccc(CCC(=O)OCCN2CCOCC2)c1)c1cccc2c1CCCCC2O. The van der Waals surface area contributed by atoms with E-state index in [1.165, 1.54) is 10.7 Å². The van der Waals surface area contributed by atoms with Gasteiger partial charge in [-0.15, -0.1) is 0 Å². The molecule has 10 heteroatoms. The molecule has 2 aromatic rings. The molecule has 0 saturated carbocycles. The number of ether oxygens (including phenoxy) is 2. The number of esters is 1. The molecular weight excluding hydrogens is 506 g/mol. The van der Waals surface area contributed by atoms with Gasteiger partial charge in [0.25, 0.3) is 0 Å². The second kappa shape index (κ2) is 13.5. The van der Waals surface area contributed by atoms with Crippen molar-refractivity contribution in [3.05, 3.63) is 64.7 Å². The van der Waals surface area contributed by atoms with E-state index in [1.807, 2.05) is 30.3 Å². The van der Waals surface area contributed by atoms with Gasteiger partial charge in [-0.1, -0.05) is 42.8 Å². The number of hydrogen-bond donors (Lipinski definition) is 2. The van der Waals surface area contributed by atoms with Crippen molar-refractivity contribution < 1.29 is 27.8 Å². The van der Waals surface area contributed by atoms with Crippen molar-refractivity contribution in [2.24, 2.45) is 0 Å². The first-order valence-electron chi connectivity index (χ1n) is 13.4. The van der Waals surface area contributed by atoms with E-state index in [9.17, 15) is 18.3 Å². The number of carbonyl (C=O) groups excluding carboxylic acids is 1. The van der Waals surface area contributed by atoms with Crippen molar-refractivity contribution in [1.29, 1.82) is 0 Å². The van der Waals surface area contributed by atoms with Gasteiger partial charge in [-0.2, -0.15) is 0 Å². The van der Waals surface area contributed by atoms with Gasteiger partial charge in [-0.25, -0.2) is 18.3 Å². The molecule has 0 spiro atoms. The molecule has 1 atom stereocenters. The minimum absolute atomic E-state index is 0.225. The van der Waals surface area contributed by atoms with Crippen LogP contribution < -0.4 is 9.84 Å². The summed E-state index contributed by atoms with van der Waals surface area (Å²) in [6.07, 6.45) is 4.61. The van der Waals surface area contributed by atoms with Crippen molar-refractivity contribution >= 4 is 21.7 Å². The van der Waals surface area contributed by atoms with Crippen molar-refractivity contribution in [2.75, 3.05) is 50.1 Å². The molecule has 2 N–H and O–H groups in total. The highest BCUT2D eigenvalue weighted by molar-refractivity contribution is 7.92. The molecule has 1 aliphatic heterocycles. The summed E-state index contributed by atoms with van der Waals surface area (Å²) in [5.41, 5.74) is 7.20. The standard InChI is InChI=1S/C28H39N3O6S/c1-38(34,35)31(26-10-5-9-25-24(26)8-2-3-11-27(25)32)29-21-23-7-4-6-22(20-23)12-13-28(33)37-19-16-30-14-17-36-18-15-30/h4-7,9-10,20,27,29,32H,2-3,8,11-19,21H2,1H3. The van der Waals surface area contributed by atoms with E-state index in [0.717, 1.165) is 67.9 Å². The summed E-state index contributed by atoms with van der Waals surface area (Å²) in [4.78, 5) is 14.4. The van der Waals surface area contributed by atoms with Crippen LogP contribution in [0.25, 0.3) is 0 Å². The van der Waals surface area contributed by atoms with Crippen molar-refractivity contribution in [2.45, 2.75) is 51.2 Å². The molecule has 1 unspecified atom stereocenters. The molecule has 0 aromatic heterocycles. The number of carbonyl (C=O) groups is 1. The molecule has 0 radical (unpaired) electrons. The molecule has 0 amide bonds. The predicted molar refractivity (Wildman–Crippen MR) is 146 cm³/mol. The number of aryl methyl sites for hydroxylation is 1. The second-order valence-electron chi connectivity index (χ2n) is 9.96. The van der Waals surface area contributed by atoms with Gasteiger partial charge in [0.15, 0.2) is 0 Å². The van der Waals surface area contributed by atoms with E-state index in [1.54, 1.807) is 12.1 Å². The number of aliphatic hydroxyl groups excluding tert-OH is 1. The van der Waals surface area contributed by atoms with E-state index in [4.69, 9.17) is 9.47 Å². The summed E-state index contributed by atoms with van der Waals surface area (Å²) in [5.74, 6) is -0.225. The van der Waals surface area contributed by atoms with Crippen molar-refractivity contribution in [1.82, 2.24) is 10.3 Å². The van der Waals surface area contributed by atoms with Crippen LogP contribution in [0.4, 0.5) is 5.69 Å². The molecule has 2 aliphatic rings. The predicted octanol–water partition coefficient (Wildman–Crippen LogP) is 2.73. The lowest BCUT2D eigenvalue weighted by molar-refractivity contribution is -0.144. The van der Waals surface area contributed by atoms with Crippen LogP contribution in [0.3, 0.4) is 0 Å². The minimum Gasteiger partial charge on any atom is -0.464 e. The number of fused-ring (bicyclic) bond motifs is 1. The first-order valence-corrected chi connectivity index (χ1v) is 15.2. The van der Waals surface area contributed by atoms with Crippen molar-refractivity contribution in [3.8, 4) is 0 Å². The second-order valence-corrected chi connectivity index (χ2v) is 11.8. The first kappa shape index (κ1) is 28.5. The third-order valence-corrected chi connectivity index (χ3v) is 8.05. The van der Waals surface area contributed by atoms with Gasteiger partial charge in [0.05, 0.1) is 31.3 Å². The van der Waals surface area contributed by atoms with Crippen LogP contribution in [0, 0.1) is 0 Å². The Morgan fingerprint density at radius 3 is 2.71 bits per heavy atom. The van der Waals surface area contributed by atoms with Crippen LogP contribution in [0.15, 0.2) is 42.5 Å². The molecule has 38 heavy (non-hydrogen) atoms. The zero-order valence-electron chi connectivity index (χ0n) is 22.1. The van der Waals surface area contributed by atoms with Crippen LogP contribution in [-0.4, -0.2) is 70.1 Å². The Morgan fingerprint density at radius 2 is 1.92 bits per heavy atom. The molecule has 0 bridgehead atoms. The summed E-state index contributed by atoms with van der Waals surface area (Å²) in [5, 5.41) is 10.6. The number of benzene rings is 2. The van der Waals surface area contributed by atoms with Crippen LogP contribution in [0.2, 0.25) is 0 Å². The summed E-state index contributed by atoms with van der Waals surface area (Å²) in [6, 6.07) is 13.2. The summed E-state index contributed by atoms with van der Waals surface area (Å²) in [7, 11) is -3.63. The fourth-order valence-corrected chi connectivity index (χ4v) is 5.86. The van der Waals surface area contributed by atoms with Gasteiger partial charge in [0.1, 0.15) is 6.61 Å². The number of hydrazine groups is 1. The minimum atomic E-state index is -3.63. The van der Waals surface area contributed by atoms with E-state index in [0.29, 0.717) is 31.6 Å². The molecule has 1 heterocycles. The Balaban J connectivity index is 1.34. The summed E-state index contributed by atoms with van der Waals surface area (Å²) >= 11 is 0. The maximum atomic E-state index is 12.8. The number of nitrogens with one attached hydrogen (secondary N) is 1. The Morgan fingerprint density at radius 1 is 1.16 bits per heavy atom. The zero-order valence-corrected chi connectivity index (χ0v) is 22.9. The monoisotopic (exact) mass is 545 g/mol. The Hall–Kier alpha value is -2.50. The number of sulfonamides is 1. The van der Waals surface area contributed by atoms with Gasteiger partial charge in [-0.05, 0) is 54.0 Å². The third kappa shape index (κ3) is 8.00. The zero-order chi connectivity index (χ0) is 27.0. The quantitative estimate of drug-likeness (QED) is 0.252. The Bertz CT molecular complexity index is 1180. The van der Waals surface area contributed by atoms with Crippen LogP contribution >= 0.6 is 0 Å². The Labute approximate surface area is 225 Å². The molecule has 208 valence electrons. The molecule has 2 aromatic carbocycles.